The molecule has 2 aromatic carbocycles. The van der Waals surface area contributed by atoms with Gasteiger partial charge in [-0.25, -0.2) is 9.36 Å². The lowest BCUT2D eigenvalue weighted by Gasteiger charge is -2.34. The van der Waals surface area contributed by atoms with E-state index in [0.717, 1.165) is 22.2 Å². The summed E-state index contributed by atoms with van der Waals surface area (Å²) in [5.41, 5.74) is 2.88. The summed E-state index contributed by atoms with van der Waals surface area (Å²) in [6.45, 7) is 5.50. The molecule has 5 heteroatoms. The van der Waals surface area contributed by atoms with Crippen LogP contribution in [0.2, 0.25) is 0 Å². The van der Waals surface area contributed by atoms with Crippen molar-refractivity contribution in [2.75, 3.05) is 0 Å². The first-order valence-electron chi connectivity index (χ1n) is 10.3. The van der Waals surface area contributed by atoms with Crippen LogP contribution in [-0.2, 0) is 17.6 Å². The molecule has 1 heterocycles. The standard InChI is InChI=1S/C25H23NO4/c1-25(2,3)30-24(29)26-20-11-7-6-8-14(20)17-12-18-19(13-21(17)26)23(28)16-10-5-4-9-15(16)22(18)27/h4-11,18-19H,12-13H2,1-3H3/t18-,19+/m0/s1. The molecule has 3 aromatic rings. The largest absolute Gasteiger partial charge is 0.443 e. The van der Waals surface area contributed by atoms with E-state index in [1.54, 1.807) is 28.8 Å². The molecule has 0 spiro atoms. The lowest BCUT2D eigenvalue weighted by molar-refractivity contribution is 0.0533. The Hall–Kier alpha value is -3.21. The minimum atomic E-state index is -0.637. The molecule has 0 saturated heterocycles. The highest BCUT2D eigenvalue weighted by Gasteiger charge is 2.46. The Labute approximate surface area is 174 Å². The number of carbonyl (C=O) groups excluding carboxylic acids is 3. The summed E-state index contributed by atoms with van der Waals surface area (Å²) in [5.74, 6) is -0.833. The topological polar surface area (TPSA) is 65.4 Å². The van der Waals surface area contributed by atoms with Crippen molar-refractivity contribution in [3.8, 4) is 0 Å². The van der Waals surface area contributed by atoms with Gasteiger partial charge in [0.15, 0.2) is 11.6 Å². The van der Waals surface area contributed by atoms with Gasteiger partial charge in [0, 0.05) is 34.0 Å². The molecule has 0 N–H and O–H groups in total. The van der Waals surface area contributed by atoms with Crippen molar-refractivity contribution in [1.82, 2.24) is 4.57 Å². The summed E-state index contributed by atoms with van der Waals surface area (Å²) in [4.78, 5) is 39.6. The van der Waals surface area contributed by atoms with Gasteiger partial charge in [0.2, 0.25) is 0 Å². The van der Waals surface area contributed by atoms with Gasteiger partial charge in [-0.1, -0.05) is 42.5 Å². The van der Waals surface area contributed by atoms with Crippen molar-refractivity contribution in [2.45, 2.75) is 39.2 Å². The molecular weight excluding hydrogens is 378 g/mol. The van der Waals surface area contributed by atoms with Crippen molar-refractivity contribution in [3.63, 3.8) is 0 Å². The zero-order chi connectivity index (χ0) is 21.2. The molecule has 2 aliphatic rings. The first-order chi connectivity index (χ1) is 14.3. The lowest BCUT2D eigenvalue weighted by Crippen LogP contribution is -2.42. The van der Waals surface area contributed by atoms with Gasteiger partial charge in [0.25, 0.3) is 0 Å². The minimum Gasteiger partial charge on any atom is -0.443 e. The third kappa shape index (κ3) is 2.72. The molecule has 5 nitrogen and oxygen atoms in total. The molecule has 0 aliphatic heterocycles. The third-order valence-corrected chi connectivity index (χ3v) is 6.12. The number of fused-ring (bicyclic) bond motifs is 5. The summed E-state index contributed by atoms with van der Waals surface area (Å²) in [6.07, 6.45) is 0.357. The molecule has 0 amide bonds. The molecule has 5 rings (SSSR count). The second kappa shape index (κ2) is 6.39. The van der Waals surface area contributed by atoms with E-state index in [2.05, 4.69) is 0 Å². The van der Waals surface area contributed by atoms with Crippen molar-refractivity contribution < 1.29 is 19.1 Å². The van der Waals surface area contributed by atoms with Gasteiger partial charge in [-0.15, -0.1) is 0 Å². The van der Waals surface area contributed by atoms with Gasteiger partial charge >= 0.3 is 6.09 Å². The number of hydrogen-bond donors (Lipinski definition) is 0. The van der Waals surface area contributed by atoms with Gasteiger partial charge < -0.3 is 4.74 Å². The number of ketones is 2. The maximum absolute atomic E-state index is 13.3. The maximum Gasteiger partial charge on any atom is 0.419 e. The Kier molecular flexibility index (Phi) is 4.01. The Bertz CT molecular complexity index is 1230. The van der Waals surface area contributed by atoms with E-state index < -0.39 is 23.5 Å². The Morgan fingerprint density at radius 1 is 0.900 bits per heavy atom. The summed E-state index contributed by atoms with van der Waals surface area (Å²) in [5, 5.41) is 0.941. The monoisotopic (exact) mass is 401 g/mol. The van der Waals surface area contributed by atoms with E-state index in [4.69, 9.17) is 4.74 Å². The first kappa shape index (κ1) is 18.8. The Morgan fingerprint density at radius 3 is 2.10 bits per heavy atom. The van der Waals surface area contributed by atoms with Crippen LogP contribution < -0.4 is 0 Å². The number of para-hydroxylation sites is 1. The highest BCUT2D eigenvalue weighted by molar-refractivity contribution is 6.16. The zero-order valence-electron chi connectivity index (χ0n) is 17.3. The predicted octanol–water partition coefficient (Wildman–Crippen LogP) is 4.83. The maximum atomic E-state index is 13.3. The van der Waals surface area contributed by atoms with Crippen LogP contribution in [0.3, 0.4) is 0 Å². The fourth-order valence-corrected chi connectivity index (χ4v) is 4.89. The normalized spacial score (nSPS) is 20.5. The second-order valence-corrected chi connectivity index (χ2v) is 9.15. The first-order valence-corrected chi connectivity index (χ1v) is 10.3. The molecule has 30 heavy (non-hydrogen) atoms. The highest BCUT2D eigenvalue weighted by Crippen LogP contribution is 2.42. The second-order valence-electron chi connectivity index (χ2n) is 9.15. The summed E-state index contributed by atoms with van der Waals surface area (Å²) < 4.78 is 7.27. The van der Waals surface area contributed by atoms with Crippen molar-refractivity contribution >= 4 is 28.6 Å². The molecule has 0 saturated carbocycles. The van der Waals surface area contributed by atoms with E-state index in [1.165, 1.54) is 0 Å². The third-order valence-electron chi connectivity index (χ3n) is 6.12. The van der Waals surface area contributed by atoms with Gasteiger partial charge in [0.1, 0.15) is 5.60 Å². The van der Waals surface area contributed by atoms with E-state index in [-0.39, 0.29) is 11.6 Å². The average Bonchev–Trinajstić information content (AvgIpc) is 3.03. The van der Waals surface area contributed by atoms with Crippen LogP contribution in [0.25, 0.3) is 10.9 Å². The Morgan fingerprint density at radius 2 is 1.47 bits per heavy atom. The molecule has 152 valence electrons. The predicted molar refractivity (Wildman–Crippen MR) is 113 cm³/mol. The molecule has 0 radical (unpaired) electrons. The number of benzene rings is 2. The number of Topliss-reactive ketones (excluding diaryl/α,β-unsaturated/α-hetero) is 2. The fourth-order valence-electron chi connectivity index (χ4n) is 4.89. The van der Waals surface area contributed by atoms with E-state index in [1.807, 2.05) is 45.0 Å². The van der Waals surface area contributed by atoms with Crippen molar-refractivity contribution in [3.05, 3.63) is 70.9 Å². The summed E-state index contributed by atoms with van der Waals surface area (Å²) in [7, 11) is 0. The van der Waals surface area contributed by atoms with Crippen LogP contribution in [0.5, 0.6) is 0 Å². The Balaban J connectivity index is 1.67. The van der Waals surface area contributed by atoms with Crippen LogP contribution >= 0.6 is 0 Å². The molecule has 2 atom stereocenters. The number of nitrogens with zero attached hydrogens (tertiary/aromatic N) is 1. The number of rotatable bonds is 0. The molecule has 0 fully saturated rings. The summed E-state index contributed by atoms with van der Waals surface area (Å²) in [6, 6.07) is 14.7. The van der Waals surface area contributed by atoms with E-state index >= 15 is 0 Å². The minimum absolute atomic E-state index is 0.0122. The van der Waals surface area contributed by atoms with Gasteiger partial charge in [-0.3, -0.25) is 9.59 Å². The number of carbonyl (C=O) groups is 3. The molecule has 2 aliphatic carbocycles. The number of hydrogen-bond acceptors (Lipinski definition) is 4. The van der Waals surface area contributed by atoms with Gasteiger partial charge in [0.05, 0.1) is 5.52 Å². The van der Waals surface area contributed by atoms with Gasteiger partial charge in [-0.2, -0.15) is 0 Å². The van der Waals surface area contributed by atoms with Gasteiger partial charge in [-0.05, 0) is 45.2 Å². The molecule has 0 bridgehead atoms. The summed E-state index contributed by atoms with van der Waals surface area (Å²) >= 11 is 0. The van der Waals surface area contributed by atoms with Crippen LogP contribution in [0, 0.1) is 11.8 Å². The van der Waals surface area contributed by atoms with Crippen LogP contribution in [0.15, 0.2) is 48.5 Å². The lowest BCUT2D eigenvalue weighted by atomic mass is 9.67. The van der Waals surface area contributed by atoms with Crippen LogP contribution in [0.1, 0.15) is 52.7 Å². The van der Waals surface area contributed by atoms with Crippen molar-refractivity contribution in [1.29, 1.82) is 0 Å². The smallest absolute Gasteiger partial charge is 0.419 e. The average molecular weight is 401 g/mol. The quantitative estimate of drug-likeness (QED) is 0.541. The molecule has 0 unspecified atom stereocenters. The van der Waals surface area contributed by atoms with Crippen LogP contribution in [0.4, 0.5) is 4.79 Å². The zero-order valence-corrected chi connectivity index (χ0v) is 17.3. The molecule has 1 aromatic heterocycles. The molecular formula is C25H23NO4. The van der Waals surface area contributed by atoms with Crippen molar-refractivity contribution in [2.24, 2.45) is 11.8 Å². The van der Waals surface area contributed by atoms with E-state index in [0.29, 0.717) is 24.0 Å². The SMILES string of the molecule is CC(C)(C)OC(=O)n1c2c(c3ccccc31)C[C@@H]1C(=O)c3ccccc3C(=O)[C@@H]1C2. The van der Waals surface area contributed by atoms with E-state index in [9.17, 15) is 14.4 Å². The van der Waals surface area contributed by atoms with Crippen LogP contribution in [-0.4, -0.2) is 27.8 Å². The highest BCUT2D eigenvalue weighted by atomic mass is 16.6. The number of aromatic nitrogens is 1. The fraction of sp³-hybridized carbons (Fsp3) is 0.320. The number of ether oxygens (including phenoxy) is 1.